The van der Waals surface area contributed by atoms with E-state index in [1.54, 1.807) is 0 Å². The first kappa shape index (κ1) is 11.4. The Hall–Kier alpha value is -1.06. The van der Waals surface area contributed by atoms with E-state index >= 15 is 0 Å². The standard InChI is InChI=1S/C13H19NO2/c1-13(15)10-14(11-13)8-5-9-16-12-6-3-2-4-7-12/h2-4,6-7,15H,5,8-11H2,1H3. The van der Waals surface area contributed by atoms with E-state index in [0.717, 1.165) is 38.4 Å². The monoisotopic (exact) mass is 221 g/mol. The summed E-state index contributed by atoms with van der Waals surface area (Å²) in [7, 11) is 0. The maximum atomic E-state index is 9.55. The van der Waals surface area contributed by atoms with Crippen LogP contribution in [0.1, 0.15) is 13.3 Å². The normalized spacial score (nSPS) is 19.1. The first-order valence-corrected chi connectivity index (χ1v) is 5.78. The fraction of sp³-hybridized carbons (Fsp3) is 0.538. The first-order valence-electron chi connectivity index (χ1n) is 5.78. The third-order valence-electron chi connectivity index (χ3n) is 2.76. The Morgan fingerprint density at radius 2 is 2.00 bits per heavy atom. The lowest BCUT2D eigenvalue weighted by Crippen LogP contribution is -2.59. The van der Waals surface area contributed by atoms with Gasteiger partial charge < -0.3 is 9.84 Å². The number of hydrogen-bond acceptors (Lipinski definition) is 3. The Morgan fingerprint density at radius 1 is 1.31 bits per heavy atom. The molecular weight excluding hydrogens is 202 g/mol. The summed E-state index contributed by atoms with van der Waals surface area (Å²) in [6.45, 7) is 5.20. The van der Waals surface area contributed by atoms with Crippen LogP contribution in [0.5, 0.6) is 5.75 Å². The van der Waals surface area contributed by atoms with Gasteiger partial charge in [-0.2, -0.15) is 0 Å². The average Bonchev–Trinajstić information content (AvgIpc) is 2.23. The SMILES string of the molecule is CC1(O)CN(CCCOc2ccccc2)C1. The molecular formula is C13H19NO2. The summed E-state index contributed by atoms with van der Waals surface area (Å²) in [4.78, 5) is 2.24. The van der Waals surface area contributed by atoms with E-state index < -0.39 is 5.60 Å². The number of benzene rings is 1. The Balaban J connectivity index is 1.57. The van der Waals surface area contributed by atoms with E-state index in [1.807, 2.05) is 37.3 Å². The molecule has 1 aromatic rings. The molecule has 1 N–H and O–H groups in total. The minimum Gasteiger partial charge on any atom is -0.494 e. The second-order valence-corrected chi connectivity index (χ2v) is 4.72. The molecule has 1 fully saturated rings. The highest BCUT2D eigenvalue weighted by atomic mass is 16.5. The van der Waals surface area contributed by atoms with E-state index in [2.05, 4.69) is 4.90 Å². The summed E-state index contributed by atoms with van der Waals surface area (Å²) >= 11 is 0. The summed E-state index contributed by atoms with van der Waals surface area (Å²) in [6.07, 6.45) is 1.00. The van der Waals surface area contributed by atoms with Gasteiger partial charge in [0.05, 0.1) is 12.2 Å². The van der Waals surface area contributed by atoms with Gasteiger partial charge in [-0.15, -0.1) is 0 Å². The van der Waals surface area contributed by atoms with Gasteiger partial charge in [0.1, 0.15) is 5.75 Å². The quantitative estimate of drug-likeness (QED) is 0.765. The first-order chi connectivity index (χ1) is 7.66. The summed E-state index contributed by atoms with van der Waals surface area (Å²) < 4.78 is 5.59. The zero-order chi connectivity index (χ0) is 11.4. The van der Waals surface area contributed by atoms with E-state index in [0.29, 0.717) is 0 Å². The van der Waals surface area contributed by atoms with Gasteiger partial charge in [-0.05, 0) is 25.5 Å². The number of ether oxygens (including phenoxy) is 1. The second kappa shape index (κ2) is 4.85. The lowest BCUT2D eigenvalue weighted by atomic mass is 9.97. The molecule has 1 heterocycles. The summed E-state index contributed by atoms with van der Waals surface area (Å²) in [5.74, 6) is 0.929. The largest absolute Gasteiger partial charge is 0.494 e. The van der Waals surface area contributed by atoms with E-state index in [9.17, 15) is 5.11 Å². The van der Waals surface area contributed by atoms with Crippen molar-refractivity contribution in [2.24, 2.45) is 0 Å². The number of para-hydroxylation sites is 1. The minimum absolute atomic E-state index is 0.458. The molecule has 1 aliphatic heterocycles. The predicted octanol–water partition coefficient (Wildman–Crippen LogP) is 1.52. The maximum Gasteiger partial charge on any atom is 0.119 e. The van der Waals surface area contributed by atoms with Crippen molar-refractivity contribution in [2.45, 2.75) is 18.9 Å². The number of rotatable bonds is 5. The zero-order valence-corrected chi connectivity index (χ0v) is 9.72. The van der Waals surface area contributed by atoms with Gasteiger partial charge in [-0.3, -0.25) is 4.90 Å². The molecule has 1 saturated heterocycles. The number of likely N-dealkylation sites (tertiary alicyclic amines) is 1. The van der Waals surface area contributed by atoms with Gasteiger partial charge in [0, 0.05) is 19.6 Å². The number of aliphatic hydroxyl groups is 1. The van der Waals surface area contributed by atoms with E-state index in [-0.39, 0.29) is 0 Å². The average molecular weight is 221 g/mol. The van der Waals surface area contributed by atoms with E-state index in [1.165, 1.54) is 0 Å². The van der Waals surface area contributed by atoms with Crippen molar-refractivity contribution >= 4 is 0 Å². The van der Waals surface area contributed by atoms with Crippen LogP contribution >= 0.6 is 0 Å². The highest BCUT2D eigenvalue weighted by Gasteiger charge is 2.35. The Morgan fingerprint density at radius 3 is 2.62 bits per heavy atom. The number of hydrogen-bond donors (Lipinski definition) is 1. The molecule has 3 heteroatoms. The van der Waals surface area contributed by atoms with Crippen LogP contribution in [0.3, 0.4) is 0 Å². The highest BCUT2D eigenvalue weighted by Crippen LogP contribution is 2.19. The molecule has 16 heavy (non-hydrogen) atoms. The Labute approximate surface area is 96.6 Å². The van der Waals surface area contributed by atoms with Gasteiger partial charge in [-0.1, -0.05) is 18.2 Å². The second-order valence-electron chi connectivity index (χ2n) is 4.72. The van der Waals surface area contributed by atoms with Crippen LogP contribution in [-0.2, 0) is 0 Å². The van der Waals surface area contributed by atoms with Crippen molar-refractivity contribution in [2.75, 3.05) is 26.2 Å². The molecule has 0 unspecified atom stereocenters. The Kier molecular flexibility index (Phi) is 3.46. The lowest BCUT2D eigenvalue weighted by molar-refractivity contribution is -0.0840. The van der Waals surface area contributed by atoms with E-state index in [4.69, 9.17) is 4.74 Å². The molecule has 0 radical (unpaired) electrons. The fourth-order valence-corrected chi connectivity index (χ4v) is 2.07. The minimum atomic E-state index is -0.458. The molecule has 1 aromatic carbocycles. The lowest BCUT2D eigenvalue weighted by Gasteiger charge is -2.44. The van der Waals surface area contributed by atoms with Gasteiger partial charge >= 0.3 is 0 Å². The maximum absolute atomic E-state index is 9.55. The van der Waals surface area contributed by atoms with Crippen LogP contribution in [0.15, 0.2) is 30.3 Å². The van der Waals surface area contributed by atoms with Crippen LogP contribution < -0.4 is 4.74 Å². The van der Waals surface area contributed by atoms with Crippen molar-refractivity contribution in [3.63, 3.8) is 0 Å². The topological polar surface area (TPSA) is 32.7 Å². The molecule has 0 amide bonds. The highest BCUT2D eigenvalue weighted by molar-refractivity contribution is 5.20. The fourth-order valence-electron chi connectivity index (χ4n) is 2.07. The third-order valence-corrected chi connectivity index (χ3v) is 2.76. The molecule has 0 bridgehead atoms. The molecule has 0 aromatic heterocycles. The third kappa shape index (κ3) is 3.22. The summed E-state index contributed by atoms with van der Waals surface area (Å²) in [6, 6.07) is 9.86. The van der Waals surface area contributed by atoms with Crippen LogP contribution in [0.2, 0.25) is 0 Å². The van der Waals surface area contributed by atoms with Crippen LogP contribution in [0.25, 0.3) is 0 Å². The summed E-state index contributed by atoms with van der Waals surface area (Å²) in [5, 5.41) is 9.55. The van der Waals surface area contributed by atoms with Crippen LogP contribution in [0.4, 0.5) is 0 Å². The zero-order valence-electron chi connectivity index (χ0n) is 9.72. The van der Waals surface area contributed by atoms with Gasteiger partial charge in [-0.25, -0.2) is 0 Å². The smallest absolute Gasteiger partial charge is 0.119 e. The van der Waals surface area contributed by atoms with Crippen molar-refractivity contribution in [3.05, 3.63) is 30.3 Å². The van der Waals surface area contributed by atoms with Crippen molar-refractivity contribution < 1.29 is 9.84 Å². The molecule has 1 aliphatic rings. The van der Waals surface area contributed by atoms with Gasteiger partial charge in [0.15, 0.2) is 0 Å². The molecule has 88 valence electrons. The molecule has 0 aliphatic carbocycles. The van der Waals surface area contributed by atoms with Gasteiger partial charge in [0.2, 0.25) is 0 Å². The van der Waals surface area contributed by atoms with Crippen molar-refractivity contribution in [1.82, 2.24) is 4.90 Å². The molecule has 2 rings (SSSR count). The van der Waals surface area contributed by atoms with Crippen LogP contribution in [0, 0.1) is 0 Å². The predicted molar refractivity (Wildman–Crippen MR) is 63.6 cm³/mol. The van der Waals surface area contributed by atoms with Crippen molar-refractivity contribution in [3.8, 4) is 5.75 Å². The summed E-state index contributed by atoms with van der Waals surface area (Å²) in [5.41, 5.74) is -0.458. The molecule has 3 nitrogen and oxygen atoms in total. The number of β-amino-alcohol motifs (C(OH)–C–C–N with tert-alkyl or cyclic N) is 1. The molecule has 0 atom stereocenters. The number of nitrogens with zero attached hydrogens (tertiary/aromatic N) is 1. The van der Waals surface area contributed by atoms with Crippen molar-refractivity contribution in [1.29, 1.82) is 0 Å². The van der Waals surface area contributed by atoms with Gasteiger partial charge in [0.25, 0.3) is 0 Å². The molecule has 0 spiro atoms. The molecule has 0 saturated carbocycles. The Bertz CT molecular complexity index is 316. The van der Waals surface area contributed by atoms with Crippen LogP contribution in [-0.4, -0.2) is 41.8 Å².